The van der Waals surface area contributed by atoms with Crippen molar-refractivity contribution >= 4 is 27.5 Å². The molecule has 152 valence electrons. The summed E-state index contributed by atoms with van der Waals surface area (Å²) < 4.78 is 7.01. The number of nitrogens with zero attached hydrogens (tertiary/aromatic N) is 3. The van der Waals surface area contributed by atoms with Crippen LogP contribution in [0.5, 0.6) is 0 Å². The van der Waals surface area contributed by atoms with Crippen LogP contribution in [0.4, 0.5) is 0 Å². The van der Waals surface area contributed by atoms with Gasteiger partial charge in [-0.15, -0.1) is 11.3 Å². The number of benzene rings is 2. The first-order valence-corrected chi connectivity index (χ1v) is 11.0. The Morgan fingerprint density at radius 1 is 1.00 bits per heavy atom. The summed E-state index contributed by atoms with van der Waals surface area (Å²) in [4.78, 5) is 21.8. The van der Waals surface area contributed by atoms with E-state index in [-0.39, 0.29) is 5.91 Å². The first-order chi connectivity index (χ1) is 14.7. The van der Waals surface area contributed by atoms with Gasteiger partial charge in [-0.25, -0.2) is 4.98 Å². The van der Waals surface area contributed by atoms with E-state index in [4.69, 9.17) is 4.42 Å². The summed E-state index contributed by atoms with van der Waals surface area (Å²) in [6, 6.07) is 20.1. The highest BCUT2D eigenvalue weighted by molar-refractivity contribution is 7.21. The van der Waals surface area contributed by atoms with Crippen molar-refractivity contribution in [1.29, 1.82) is 0 Å². The molecular formula is C24H23N3O2S. The van der Waals surface area contributed by atoms with Crippen molar-refractivity contribution in [3.05, 3.63) is 77.6 Å². The summed E-state index contributed by atoms with van der Waals surface area (Å²) in [5.74, 6) is 0.993. The number of rotatable bonds is 4. The Morgan fingerprint density at radius 3 is 2.57 bits per heavy atom. The van der Waals surface area contributed by atoms with Gasteiger partial charge in [0, 0.05) is 32.7 Å². The van der Waals surface area contributed by atoms with Gasteiger partial charge in [-0.2, -0.15) is 0 Å². The highest BCUT2D eigenvalue weighted by atomic mass is 32.1. The van der Waals surface area contributed by atoms with E-state index in [0.717, 1.165) is 34.9 Å². The predicted octanol–water partition coefficient (Wildman–Crippen LogP) is 4.82. The van der Waals surface area contributed by atoms with E-state index in [1.54, 1.807) is 17.4 Å². The zero-order valence-corrected chi connectivity index (χ0v) is 17.7. The first-order valence-electron chi connectivity index (χ1n) is 10.2. The molecule has 0 unspecified atom stereocenters. The maximum absolute atomic E-state index is 12.9. The van der Waals surface area contributed by atoms with Gasteiger partial charge in [0.25, 0.3) is 5.91 Å². The van der Waals surface area contributed by atoms with Crippen molar-refractivity contribution in [3.8, 4) is 10.8 Å². The Balaban J connectivity index is 1.23. The number of carbonyl (C=O) groups excluding carboxylic acids is 1. The monoisotopic (exact) mass is 417 g/mol. The second-order valence-corrected chi connectivity index (χ2v) is 8.68. The minimum Gasteiger partial charge on any atom is -0.448 e. The minimum absolute atomic E-state index is 0.0436. The van der Waals surface area contributed by atoms with Gasteiger partial charge in [0.15, 0.2) is 16.5 Å². The third-order valence-electron chi connectivity index (χ3n) is 5.64. The molecule has 5 nitrogen and oxygen atoms in total. The van der Waals surface area contributed by atoms with Crippen LogP contribution in [-0.4, -0.2) is 46.9 Å². The number of para-hydroxylation sites is 1. The van der Waals surface area contributed by atoms with Gasteiger partial charge in [0.1, 0.15) is 0 Å². The second kappa shape index (κ2) is 8.05. The summed E-state index contributed by atoms with van der Waals surface area (Å²) in [7, 11) is 0. The number of hydrogen-bond donors (Lipinski definition) is 0. The molecule has 4 aromatic rings. The van der Waals surface area contributed by atoms with E-state index in [0.29, 0.717) is 24.6 Å². The molecule has 2 aromatic heterocycles. The maximum Gasteiger partial charge on any atom is 0.289 e. The molecule has 0 bridgehead atoms. The van der Waals surface area contributed by atoms with Crippen molar-refractivity contribution in [1.82, 2.24) is 14.8 Å². The number of amides is 1. The molecule has 1 amide bonds. The zero-order chi connectivity index (χ0) is 20.5. The van der Waals surface area contributed by atoms with Gasteiger partial charge in [-0.1, -0.05) is 36.4 Å². The molecule has 0 N–H and O–H groups in total. The largest absolute Gasteiger partial charge is 0.448 e. The molecule has 2 aromatic carbocycles. The van der Waals surface area contributed by atoms with Crippen LogP contribution in [0, 0.1) is 6.92 Å². The van der Waals surface area contributed by atoms with Crippen molar-refractivity contribution in [2.45, 2.75) is 13.5 Å². The number of aryl methyl sites for hydroxylation is 1. The lowest BCUT2D eigenvalue weighted by molar-refractivity contribution is 0.0598. The van der Waals surface area contributed by atoms with Crippen LogP contribution in [0.3, 0.4) is 0 Å². The standard InChI is InChI=1S/C24H23N3O2S/c1-17-6-2-3-7-18(17)16-26-12-14-27(15-13-26)24(28)21-11-10-20(29-21)23-25-19-8-4-5-9-22(19)30-23/h2-11H,12-16H2,1H3. The van der Waals surface area contributed by atoms with Crippen LogP contribution in [0.2, 0.25) is 0 Å². The molecule has 0 saturated carbocycles. The van der Waals surface area contributed by atoms with Crippen LogP contribution < -0.4 is 0 Å². The highest BCUT2D eigenvalue weighted by Crippen LogP contribution is 2.31. The van der Waals surface area contributed by atoms with Gasteiger partial charge in [0.05, 0.1) is 10.2 Å². The van der Waals surface area contributed by atoms with Crippen molar-refractivity contribution < 1.29 is 9.21 Å². The zero-order valence-electron chi connectivity index (χ0n) is 16.9. The number of hydrogen-bond acceptors (Lipinski definition) is 5. The van der Waals surface area contributed by atoms with E-state index in [1.165, 1.54) is 11.1 Å². The lowest BCUT2D eigenvalue weighted by Gasteiger charge is -2.34. The molecule has 0 aliphatic carbocycles. The number of furan rings is 1. The number of thiazole rings is 1. The number of fused-ring (bicyclic) bond motifs is 1. The molecule has 1 aliphatic rings. The fraction of sp³-hybridized carbons (Fsp3) is 0.250. The van der Waals surface area contributed by atoms with E-state index >= 15 is 0 Å². The maximum atomic E-state index is 12.9. The van der Waals surface area contributed by atoms with Crippen LogP contribution in [0.1, 0.15) is 21.7 Å². The Bertz CT molecular complexity index is 1150. The fourth-order valence-corrected chi connectivity index (χ4v) is 4.77. The third-order valence-corrected chi connectivity index (χ3v) is 6.69. The summed E-state index contributed by atoms with van der Waals surface area (Å²) in [5.41, 5.74) is 3.62. The molecule has 6 heteroatoms. The molecule has 0 spiro atoms. The van der Waals surface area contributed by atoms with Crippen LogP contribution >= 0.6 is 11.3 Å². The Labute approximate surface area is 179 Å². The smallest absolute Gasteiger partial charge is 0.289 e. The third kappa shape index (κ3) is 3.76. The van der Waals surface area contributed by atoms with Crippen LogP contribution in [-0.2, 0) is 6.54 Å². The topological polar surface area (TPSA) is 49.6 Å². The number of piperazine rings is 1. The normalized spacial score (nSPS) is 15.0. The average Bonchev–Trinajstić information content (AvgIpc) is 3.42. The number of carbonyl (C=O) groups is 1. The van der Waals surface area contributed by atoms with Crippen LogP contribution in [0.15, 0.2) is 65.1 Å². The molecular weight excluding hydrogens is 394 g/mol. The summed E-state index contributed by atoms with van der Waals surface area (Å²) in [5, 5.41) is 0.804. The molecule has 30 heavy (non-hydrogen) atoms. The van der Waals surface area contributed by atoms with E-state index < -0.39 is 0 Å². The van der Waals surface area contributed by atoms with Gasteiger partial charge in [-0.3, -0.25) is 9.69 Å². The summed E-state index contributed by atoms with van der Waals surface area (Å²) >= 11 is 1.58. The molecule has 1 saturated heterocycles. The Kier molecular flexibility index (Phi) is 5.11. The lowest BCUT2D eigenvalue weighted by Crippen LogP contribution is -2.48. The number of aromatic nitrogens is 1. The van der Waals surface area contributed by atoms with Crippen LogP contribution in [0.25, 0.3) is 21.0 Å². The molecule has 3 heterocycles. The van der Waals surface area contributed by atoms with Crippen molar-refractivity contribution in [2.24, 2.45) is 0 Å². The Hall–Kier alpha value is -2.96. The van der Waals surface area contributed by atoms with E-state index in [1.807, 2.05) is 35.2 Å². The fourth-order valence-electron chi connectivity index (χ4n) is 3.84. The van der Waals surface area contributed by atoms with Gasteiger partial charge in [0.2, 0.25) is 0 Å². The van der Waals surface area contributed by atoms with Gasteiger partial charge >= 0.3 is 0 Å². The average molecular weight is 418 g/mol. The molecule has 1 fully saturated rings. The van der Waals surface area contributed by atoms with E-state index in [9.17, 15) is 4.79 Å². The van der Waals surface area contributed by atoms with E-state index in [2.05, 4.69) is 41.1 Å². The molecule has 0 atom stereocenters. The lowest BCUT2D eigenvalue weighted by atomic mass is 10.1. The van der Waals surface area contributed by atoms with Gasteiger partial charge in [-0.05, 0) is 42.3 Å². The molecule has 1 aliphatic heterocycles. The summed E-state index contributed by atoms with van der Waals surface area (Å²) in [6.45, 7) is 6.23. The minimum atomic E-state index is -0.0436. The highest BCUT2D eigenvalue weighted by Gasteiger charge is 2.25. The first kappa shape index (κ1) is 19.0. The SMILES string of the molecule is Cc1ccccc1CN1CCN(C(=O)c2ccc(-c3nc4ccccc4s3)o2)CC1. The molecule has 0 radical (unpaired) electrons. The predicted molar refractivity (Wildman–Crippen MR) is 120 cm³/mol. The Morgan fingerprint density at radius 2 is 1.77 bits per heavy atom. The van der Waals surface area contributed by atoms with Crippen molar-refractivity contribution in [3.63, 3.8) is 0 Å². The van der Waals surface area contributed by atoms with Crippen molar-refractivity contribution in [2.75, 3.05) is 26.2 Å². The molecule has 5 rings (SSSR count). The second-order valence-electron chi connectivity index (χ2n) is 7.65. The summed E-state index contributed by atoms with van der Waals surface area (Å²) in [6.07, 6.45) is 0. The quantitative estimate of drug-likeness (QED) is 0.478. The van der Waals surface area contributed by atoms with Gasteiger partial charge < -0.3 is 9.32 Å².